The SMILES string of the molecule is C=CC(=C)C(=O)OCC1CO1. The Morgan fingerprint density at radius 1 is 1.82 bits per heavy atom. The van der Waals surface area contributed by atoms with E-state index in [9.17, 15) is 4.79 Å². The summed E-state index contributed by atoms with van der Waals surface area (Å²) in [5.41, 5.74) is 0.283. The molecule has 1 unspecified atom stereocenters. The molecule has 1 heterocycles. The summed E-state index contributed by atoms with van der Waals surface area (Å²) in [6.07, 6.45) is 1.48. The molecule has 0 aromatic rings. The molecule has 11 heavy (non-hydrogen) atoms. The second kappa shape index (κ2) is 3.34. The molecule has 1 aliphatic heterocycles. The van der Waals surface area contributed by atoms with Crippen molar-refractivity contribution in [2.24, 2.45) is 0 Å². The Morgan fingerprint density at radius 3 is 2.91 bits per heavy atom. The van der Waals surface area contributed by atoms with Gasteiger partial charge >= 0.3 is 5.97 Å². The second-order valence-corrected chi connectivity index (χ2v) is 2.28. The highest BCUT2D eigenvalue weighted by molar-refractivity contribution is 5.90. The molecule has 1 saturated heterocycles. The molecule has 60 valence electrons. The van der Waals surface area contributed by atoms with Crippen LogP contribution in [0.5, 0.6) is 0 Å². The maximum atomic E-state index is 10.9. The lowest BCUT2D eigenvalue weighted by Crippen LogP contribution is -2.10. The van der Waals surface area contributed by atoms with Crippen molar-refractivity contribution in [2.45, 2.75) is 6.10 Å². The molecular formula is C8H10O3. The van der Waals surface area contributed by atoms with Gasteiger partial charge < -0.3 is 9.47 Å². The van der Waals surface area contributed by atoms with Gasteiger partial charge in [-0.3, -0.25) is 0 Å². The molecule has 0 aromatic heterocycles. The largest absolute Gasteiger partial charge is 0.459 e. The third-order valence-electron chi connectivity index (χ3n) is 1.31. The molecule has 0 spiro atoms. The van der Waals surface area contributed by atoms with E-state index in [1.54, 1.807) is 0 Å². The van der Waals surface area contributed by atoms with Crippen LogP contribution in [0, 0.1) is 0 Å². The van der Waals surface area contributed by atoms with E-state index in [0.29, 0.717) is 13.2 Å². The first kappa shape index (κ1) is 8.01. The minimum atomic E-state index is -0.421. The summed E-state index contributed by atoms with van der Waals surface area (Å²) in [4.78, 5) is 10.9. The third-order valence-corrected chi connectivity index (χ3v) is 1.31. The summed E-state index contributed by atoms with van der Waals surface area (Å²) in [7, 11) is 0. The lowest BCUT2D eigenvalue weighted by Gasteiger charge is -2.00. The molecule has 1 atom stereocenters. The zero-order chi connectivity index (χ0) is 8.27. The number of rotatable bonds is 4. The van der Waals surface area contributed by atoms with Crippen LogP contribution in [0.25, 0.3) is 0 Å². The van der Waals surface area contributed by atoms with Crippen molar-refractivity contribution in [3.8, 4) is 0 Å². The highest BCUT2D eigenvalue weighted by atomic mass is 16.6. The molecule has 0 bridgehead atoms. The smallest absolute Gasteiger partial charge is 0.337 e. The van der Waals surface area contributed by atoms with Crippen LogP contribution in [-0.4, -0.2) is 25.3 Å². The summed E-state index contributed by atoms with van der Waals surface area (Å²) in [5, 5.41) is 0. The van der Waals surface area contributed by atoms with E-state index >= 15 is 0 Å². The Hall–Kier alpha value is -1.09. The van der Waals surface area contributed by atoms with Crippen LogP contribution in [0.3, 0.4) is 0 Å². The summed E-state index contributed by atoms with van der Waals surface area (Å²) in [6.45, 7) is 7.84. The highest BCUT2D eigenvalue weighted by Crippen LogP contribution is 2.09. The molecule has 0 saturated carbocycles. The standard InChI is InChI=1S/C8H10O3/c1-3-6(2)8(9)11-5-7-4-10-7/h3,7H,1-2,4-5H2. The van der Waals surface area contributed by atoms with Crippen LogP contribution in [-0.2, 0) is 14.3 Å². The van der Waals surface area contributed by atoms with Gasteiger partial charge in [-0.1, -0.05) is 19.2 Å². The van der Waals surface area contributed by atoms with E-state index in [1.165, 1.54) is 6.08 Å². The monoisotopic (exact) mass is 154 g/mol. The average molecular weight is 154 g/mol. The molecular weight excluding hydrogens is 144 g/mol. The first-order valence-electron chi connectivity index (χ1n) is 3.34. The molecule has 1 fully saturated rings. The summed E-state index contributed by atoms with van der Waals surface area (Å²) in [6, 6.07) is 0. The molecule has 1 aliphatic rings. The molecule has 1 rings (SSSR count). The molecule has 0 amide bonds. The quantitative estimate of drug-likeness (QED) is 0.258. The van der Waals surface area contributed by atoms with Gasteiger partial charge in [0.15, 0.2) is 0 Å². The van der Waals surface area contributed by atoms with Gasteiger partial charge in [0.1, 0.15) is 12.7 Å². The van der Waals surface area contributed by atoms with Crippen LogP contribution in [0.4, 0.5) is 0 Å². The minimum Gasteiger partial charge on any atom is -0.459 e. The number of ether oxygens (including phenoxy) is 2. The van der Waals surface area contributed by atoms with Crippen molar-refractivity contribution in [3.63, 3.8) is 0 Å². The fourth-order valence-corrected chi connectivity index (χ4v) is 0.509. The van der Waals surface area contributed by atoms with Crippen LogP contribution in [0.2, 0.25) is 0 Å². The first-order valence-corrected chi connectivity index (χ1v) is 3.34. The van der Waals surface area contributed by atoms with Crippen LogP contribution < -0.4 is 0 Å². The van der Waals surface area contributed by atoms with Crippen molar-refractivity contribution in [2.75, 3.05) is 13.2 Å². The fraction of sp³-hybridized carbons (Fsp3) is 0.375. The van der Waals surface area contributed by atoms with Gasteiger partial charge in [-0.15, -0.1) is 0 Å². The summed E-state index contributed by atoms with van der Waals surface area (Å²) >= 11 is 0. The molecule has 0 N–H and O–H groups in total. The maximum absolute atomic E-state index is 10.9. The molecule has 3 heteroatoms. The van der Waals surface area contributed by atoms with E-state index in [2.05, 4.69) is 13.2 Å². The highest BCUT2D eigenvalue weighted by Gasteiger charge is 2.24. The number of carbonyl (C=O) groups excluding carboxylic acids is 1. The van der Waals surface area contributed by atoms with Crippen molar-refractivity contribution < 1.29 is 14.3 Å². The number of esters is 1. The van der Waals surface area contributed by atoms with Crippen LogP contribution >= 0.6 is 0 Å². The Balaban J connectivity index is 2.18. The first-order chi connectivity index (χ1) is 5.24. The Morgan fingerprint density at radius 2 is 2.45 bits per heavy atom. The van der Waals surface area contributed by atoms with Crippen molar-refractivity contribution >= 4 is 5.97 Å². The molecule has 0 aromatic carbocycles. The number of hydrogen-bond donors (Lipinski definition) is 0. The maximum Gasteiger partial charge on any atom is 0.337 e. The normalized spacial score (nSPS) is 20.5. The van der Waals surface area contributed by atoms with E-state index in [4.69, 9.17) is 9.47 Å². The third kappa shape index (κ3) is 2.55. The van der Waals surface area contributed by atoms with Crippen molar-refractivity contribution in [1.82, 2.24) is 0 Å². The Labute approximate surface area is 65.3 Å². The zero-order valence-electron chi connectivity index (χ0n) is 6.21. The fourth-order valence-electron chi connectivity index (χ4n) is 0.509. The van der Waals surface area contributed by atoms with Crippen LogP contribution in [0.1, 0.15) is 0 Å². The number of hydrogen-bond acceptors (Lipinski definition) is 3. The number of carbonyl (C=O) groups is 1. The van der Waals surface area contributed by atoms with Gasteiger partial charge in [0.2, 0.25) is 0 Å². The van der Waals surface area contributed by atoms with Gasteiger partial charge in [-0.05, 0) is 0 Å². The van der Waals surface area contributed by atoms with E-state index in [-0.39, 0.29) is 11.7 Å². The topological polar surface area (TPSA) is 38.8 Å². The average Bonchev–Trinajstić information content (AvgIpc) is 2.81. The van der Waals surface area contributed by atoms with E-state index in [1.807, 2.05) is 0 Å². The predicted octanol–water partition coefficient (Wildman–Crippen LogP) is 0.671. The lowest BCUT2D eigenvalue weighted by molar-refractivity contribution is -0.139. The van der Waals surface area contributed by atoms with Crippen molar-refractivity contribution in [3.05, 3.63) is 24.8 Å². The Kier molecular flexibility index (Phi) is 2.44. The molecule has 3 nitrogen and oxygen atoms in total. The molecule has 0 radical (unpaired) electrons. The zero-order valence-corrected chi connectivity index (χ0v) is 6.21. The predicted molar refractivity (Wildman–Crippen MR) is 40.0 cm³/mol. The van der Waals surface area contributed by atoms with E-state index in [0.717, 1.165) is 0 Å². The van der Waals surface area contributed by atoms with Crippen LogP contribution in [0.15, 0.2) is 24.8 Å². The van der Waals surface area contributed by atoms with Gasteiger partial charge in [-0.2, -0.15) is 0 Å². The Bertz CT molecular complexity index is 192. The second-order valence-electron chi connectivity index (χ2n) is 2.28. The summed E-state index contributed by atoms with van der Waals surface area (Å²) in [5.74, 6) is -0.421. The van der Waals surface area contributed by atoms with Gasteiger partial charge in [0, 0.05) is 0 Å². The van der Waals surface area contributed by atoms with Crippen molar-refractivity contribution in [1.29, 1.82) is 0 Å². The molecule has 0 aliphatic carbocycles. The van der Waals surface area contributed by atoms with Gasteiger partial charge in [-0.25, -0.2) is 4.79 Å². The van der Waals surface area contributed by atoms with Gasteiger partial charge in [0.25, 0.3) is 0 Å². The lowest BCUT2D eigenvalue weighted by atomic mass is 10.3. The minimum absolute atomic E-state index is 0.108. The van der Waals surface area contributed by atoms with Gasteiger partial charge in [0.05, 0.1) is 12.2 Å². The van der Waals surface area contributed by atoms with E-state index < -0.39 is 5.97 Å². The number of epoxide rings is 1. The summed E-state index contributed by atoms with van der Waals surface area (Å²) < 4.78 is 9.62.